The van der Waals surface area contributed by atoms with E-state index < -0.39 is 0 Å². The van der Waals surface area contributed by atoms with Gasteiger partial charge in [-0.15, -0.1) is 0 Å². The highest BCUT2D eigenvalue weighted by molar-refractivity contribution is 5.94. The van der Waals surface area contributed by atoms with E-state index in [1.807, 2.05) is 18.2 Å². The predicted molar refractivity (Wildman–Crippen MR) is 119 cm³/mol. The molecule has 0 aliphatic carbocycles. The maximum absolute atomic E-state index is 12.1. The number of benzene rings is 1. The molecule has 0 unspecified atom stereocenters. The number of carbonyl (C=O) groups excluding carboxylic acids is 1. The van der Waals surface area contributed by atoms with E-state index in [1.54, 1.807) is 19.0 Å². The molecular weight excluding hydrogens is 350 g/mol. The fourth-order valence-electron chi connectivity index (χ4n) is 2.71. The number of nitrogens with one attached hydrogen (secondary N) is 2. The molecule has 0 radical (unpaired) electrons. The van der Waals surface area contributed by atoms with Crippen LogP contribution in [-0.4, -0.2) is 75.0 Å². The number of hydrogen-bond donors (Lipinski definition) is 2. The lowest BCUT2D eigenvalue weighted by Crippen LogP contribution is -2.38. The van der Waals surface area contributed by atoms with Crippen LogP contribution in [-0.2, 0) is 6.42 Å². The van der Waals surface area contributed by atoms with Crippen molar-refractivity contribution in [3.8, 4) is 0 Å². The molecule has 0 aromatic heterocycles. The molecule has 1 rings (SSSR count). The average molecular weight is 390 g/mol. The van der Waals surface area contributed by atoms with Gasteiger partial charge < -0.3 is 20.4 Å². The summed E-state index contributed by atoms with van der Waals surface area (Å²) in [5.41, 5.74) is 1.88. The standard InChI is InChI=1S/C22H39N5O/c1-7-23-22(24-14-8-9-16-27(6)18(2)3)25-15-13-19-11-10-12-20(17-19)21(28)26(4)5/h10-12,17-18H,7-9,13-16H2,1-6H3,(H2,23,24,25). The van der Waals surface area contributed by atoms with Crippen molar-refractivity contribution >= 4 is 11.9 Å². The Morgan fingerprint density at radius 3 is 2.54 bits per heavy atom. The number of guanidine groups is 1. The number of aliphatic imine (C=N–C) groups is 1. The SMILES string of the molecule is CCNC(=NCCCCN(C)C(C)C)NCCc1cccc(C(=O)N(C)C)c1. The lowest BCUT2D eigenvalue weighted by Gasteiger charge is -2.20. The third-order valence-electron chi connectivity index (χ3n) is 4.70. The zero-order valence-corrected chi connectivity index (χ0v) is 18.6. The van der Waals surface area contributed by atoms with Crippen molar-refractivity contribution in [1.82, 2.24) is 20.4 Å². The molecule has 1 aromatic carbocycles. The van der Waals surface area contributed by atoms with Crippen molar-refractivity contribution < 1.29 is 4.79 Å². The summed E-state index contributed by atoms with van der Waals surface area (Å²) in [6.45, 7) is 10.1. The van der Waals surface area contributed by atoms with Crippen LogP contribution < -0.4 is 10.6 Å². The highest BCUT2D eigenvalue weighted by atomic mass is 16.2. The van der Waals surface area contributed by atoms with Gasteiger partial charge in [-0.3, -0.25) is 9.79 Å². The van der Waals surface area contributed by atoms with Crippen molar-refractivity contribution in [2.24, 2.45) is 4.99 Å². The molecular formula is C22H39N5O. The van der Waals surface area contributed by atoms with Crippen LogP contribution in [0.4, 0.5) is 0 Å². The van der Waals surface area contributed by atoms with Gasteiger partial charge in [0.1, 0.15) is 0 Å². The van der Waals surface area contributed by atoms with Gasteiger partial charge in [-0.1, -0.05) is 12.1 Å². The monoisotopic (exact) mass is 389 g/mol. The predicted octanol–water partition coefficient (Wildman–Crippen LogP) is 2.61. The molecule has 6 nitrogen and oxygen atoms in total. The molecule has 0 saturated carbocycles. The van der Waals surface area contributed by atoms with E-state index in [0.717, 1.165) is 62.5 Å². The summed E-state index contributed by atoms with van der Waals surface area (Å²) in [6, 6.07) is 8.43. The van der Waals surface area contributed by atoms with Crippen LogP contribution in [0, 0.1) is 0 Å². The van der Waals surface area contributed by atoms with Gasteiger partial charge in [-0.25, -0.2) is 0 Å². The molecule has 1 amide bonds. The highest BCUT2D eigenvalue weighted by Crippen LogP contribution is 2.07. The third kappa shape index (κ3) is 9.22. The van der Waals surface area contributed by atoms with Crippen LogP contribution in [0.5, 0.6) is 0 Å². The molecule has 0 bridgehead atoms. The number of unbranched alkanes of at least 4 members (excludes halogenated alkanes) is 1. The Morgan fingerprint density at radius 1 is 1.14 bits per heavy atom. The van der Waals surface area contributed by atoms with Gasteiger partial charge in [-0.05, 0) is 71.3 Å². The first-order valence-electron chi connectivity index (χ1n) is 10.4. The summed E-state index contributed by atoms with van der Waals surface area (Å²) in [7, 11) is 5.72. The number of carbonyl (C=O) groups is 1. The van der Waals surface area contributed by atoms with E-state index >= 15 is 0 Å². The molecule has 0 atom stereocenters. The van der Waals surface area contributed by atoms with Gasteiger partial charge >= 0.3 is 0 Å². The fourth-order valence-corrected chi connectivity index (χ4v) is 2.71. The zero-order chi connectivity index (χ0) is 20.9. The van der Waals surface area contributed by atoms with Gasteiger partial charge in [0, 0.05) is 45.3 Å². The summed E-state index contributed by atoms with van der Waals surface area (Å²) >= 11 is 0. The first kappa shape index (κ1) is 24.0. The Balaban J connectivity index is 2.44. The molecule has 158 valence electrons. The Hall–Kier alpha value is -2.08. The second kappa shape index (κ2) is 13.2. The van der Waals surface area contributed by atoms with Crippen molar-refractivity contribution in [3.63, 3.8) is 0 Å². The summed E-state index contributed by atoms with van der Waals surface area (Å²) < 4.78 is 0. The Morgan fingerprint density at radius 2 is 1.89 bits per heavy atom. The van der Waals surface area contributed by atoms with Crippen LogP contribution in [0.2, 0.25) is 0 Å². The van der Waals surface area contributed by atoms with Crippen molar-refractivity contribution in [3.05, 3.63) is 35.4 Å². The maximum Gasteiger partial charge on any atom is 0.253 e. The minimum atomic E-state index is 0.0350. The summed E-state index contributed by atoms with van der Waals surface area (Å²) in [4.78, 5) is 20.7. The molecule has 6 heteroatoms. The van der Waals surface area contributed by atoms with Gasteiger partial charge in [0.2, 0.25) is 0 Å². The van der Waals surface area contributed by atoms with Crippen molar-refractivity contribution in [2.75, 3.05) is 47.3 Å². The Labute approximate surface area is 171 Å². The first-order valence-corrected chi connectivity index (χ1v) is 10.4. The van der Waals surface area contributed by atoms with Gasteiger partial charge in [0.25, 0.3) is 5.91 Å². The van der Waals surface area contributed by atoms with Gasteiger partial charge in [0.05, 0.1) is 0 Å². The second-order valence-corrected chi connectivity index (χ2v) is 7.62. The van der Waals surface area contributed by atoms with E-state index in [2.05, 4.69) is 54.4 Å². The van der Waals surface area contributed by atoms with E-state index in [-0.39, 0.29) is 5.91 Å². The maximum atomic E-state index is 12.1. The minimum Gasteiger partial charge on any atom is -0.357 e. The molecule has 28 heavy (non-hydrogen) atoms. The largest absolute Gasteiger partial charge is 0.357 e. The Kier molecular flexibility index (Phi) is 11.3. The number of hydrogen-bond acceptors (Lipinski definition) is 3. The summed E-state index contributed by atoms with van der Waals surface area (Å²) in [5, 5.41) is 6.69. The van der Waals surface area contributed by atoms with Crippen LogP contribution >= 0.6 is 0 Å². The number of amides is 1. The summed E-state index contributed by atoms with van der Waals surface area (Å²) in [6.07, 6.45) is 3.09. The number of rotatable bonds is 11. The molecule has 0 saturated heterocycles. The fraction of sp³-hybridized carbons (Fsp3) is 0.636. The highest BCUT2D eigenvalue weighted by Gasteiger charge is 2.08. The van der Waals surface area contributed by atoms with E-state index in [9.17, 15) is 4.79 Å². The molecule has 1 aromatic rings. The van der Waals surface area contributed by atoms with E-state index in [4.69, 9.17) is 0 Å². The second-order valence-electron chi connectivity index (χ2n) is 7.62. The Bertz CT molecular complexity index is 613. The van der Waals surface area contributed by atoms with Crippen LogP contribution in [0.1, 0.15) is 49.5 Å². The van der Waals surface area contributed by atoms with Crippen LogP contribution in [0.15, 0.2) is 29.3 Å². The lowest BCUT2D eigenvalue weighted by molar-refractivity contribution is 0.0827. The molecule has 0 aliphatic heterocycles. The van der Waals surface area contributed by atoms with Gasteiger partial charge in [-0.2, -0.15) is 0 Å². The van der Waals surface area contributed by atoms with E-state index in [1.165, 1.54) is 0 Å². The normalized spacial score (nSPS) is 11.8. The molecule has 2 N–H and O–H groups in total. The molecule has 0 fully saturated rings. The van der Waals surface area contributed by atoms with E-state index in [0.29, 0.717) is 6.04 Å². The quantitative estimate of drug-likeness (QED) is 0.347. The smallest absolute Gasteiger partial charge is 0.253 e. The zero-order valence-electron chi connectivity index (χ0n) is 18.6. The minimum absolute atomic E-state index is 0.0350. The molecule has 0 spiro atoms. The van der Waals surface area contributed by atoms with Gasteiger partial charge in [0.15, 0.2) is 5.96 Å². The lowest BCUT2D eigenvalue weighted by atomic mass is 10.1. The number of nitrogens with zero attached hydrogens (tertiary/aromatic N) is 3. The topological polar surface area (TPSA) is 60.0 Å². The molecule has 0 heterocycles. The summed E-state index contributed by atoms with van der Waals surface area (Å²) in [5.74, 6) is 0.896. The van der Waals surface area contributed by atoms with Crippen molar-refractivity contribution in [2.45, 2.75) is 46.1 Å². The van der Waals surface area contributed by atoms with Crippen molar-refractivity contribution in [1.29, 1.82) is 0 Å². The van der Waals surface area contributed by atoms with Crippen LogP contribution in [0.3, 0.4) is 0 Å². The molecule has 0 aliphatic rings. The van der Waals surface area contributed by atoms with Crippen LogP contribution in [0.25, 0.3) is 0 Å². The average Bonchev–Trinajstić information content (AvgIpc) is 2.66. The first-order chi connectivity index (χ1) is 13.3. The third-order valence-corrected chi connectivity index (χ3v) is 4.70.